The van der Waals surface area contributed by atoms with Gasteiger partial charge in [0.2, 0.25) is 11.9 Å². The number of pyridine rings is 1. The van der Waals surface area contributed by atoms with Crippen LogP contribution in [0, 0.1) is 15.9 Å². The van der Waals surface area contributed by atoms with Crippen LogP contribution in [0.2, 0.25) is 0 Å². The van der Waals surface area contributed by atoms with Gasteiger partial charge in [0.15, 0.2) is 0 Å². The van der Waals surface area contributed by atoms with Crippen LogP contribution in [-0.4, -0.2) is 38.0 Å². The molecule has 0 saturated carbocycles. The zero-order valence-electron chi connectivity index (χ0n) is 15.9. The number of carbonyl (C=O) groups is 1. The van der Waals surface area contributed by atoms with Crippen molar-refractivity contribution < 1.29 is 18.0 Å². The predicted octanol–water partition coefficient (Wildman–Crippen LogP) is 0.0930. The monoisotopic (exact) mass is 548 g/mol. The minimum absolute atomic E-state index is 0.0198. The maximum Gasteiger partial charge on any atom is 0.275 e. The summed E-state index contributed by atoms with van der Waals surface area (Å²) in [5.41, 5.74) is 6.84. The van der Waals surface area contributed by atoms with E-state index in [4.69, 9.17) is 16.0 Å². The molecule has 0 saturated heterocycles. The van der Waals surface area contributed by atoms with Crippen molar-refractivity contribution in [1.29, 1.82) is 5.41 Å². The molecule has 2 aromatic rings. The first kappa shape index (κ1) is 23.6. The molecule has 1 aromatic carbocycles. The average Bonchev–Trinajstić information content (AvgIpc) is 2.67. The largest absolute Gasteiger partial charge is 0.368 e. The molecule has 0 radical (unpaired) electrons. The van der Waals surface area contributed by atoms with E-state index in [0.29, 0.717) is 5.69 Å². The van der Waals surface area contributed by atoms with Crippen LogP contribution in [0.15, 0.2) is 46.1 Å². The molecule has 0 aliphatic rings. The zero-order valence-corrected chi connectivity index (χ0v) is 18.9. The molecule has 0 aliphatic heterocycles. The van der Waals surface area contributed by atoms with Crippen molar-refractivity contribution in [3.63, 3.8) is 0 Å². The topological polar surface area (TPSA) is 168 Å². The number of hydrogen-bond donors (Lipinski definition) is 5. The van der Waals surface area contributed by atoms with Crippen molar-refractivity contribution in [2.75, 3.05) is 17.9 Å². The number of nitrogens with zero attached hydrogens (tertiary/aromatic N) is 1. The number of anilines is 1. The van der Waals surface area contributed by atoms with E-state index in [1.165, 1.54) is 18.2 Å². The predicted molar refractivity (Wildman–Crippen MR) is 119 cm³/mol. The van der Waals surface area contributed by atoms with Crippen molar-refractivity contribution in [3.8, 4) is 0 Å². The van der Waals surface area contributed by atoms with Gasteiger partial charge in [0, 0.05) is 15.8 Å². The number of hydroxylamine groups is 1. The first-order chi connectivity index (χ1) is 14.1. The SMILES string of the molecule is Cc1ccc(NS(=O)(=O)c2ccc(I)cc2)c(=O)n1CC(=O)NCCONC(=N)N. The summed E-state index contributed by atoms with van der Waals surface area (Å²) in [7, 11) is -3.96. The fraction of sp³-hybridized carbons (Fsp3) is 0.235. The lowest BCUT2D eigenvalue weighted by atomic mass is 10.3. The first-order valence-electron chi connectivity index (χ1n) is 8.57. The maximum absolute atomic E-state index is 12.7. The summed E-state index contributed by atoms with van der Waals surface area (Å²) < 4.78 is 29.4. The second-order valence-corrected chi connectivity index (χ2v) is 8.98. The summed E-state index contributed by atoms with van der Waals surface area (Å²) in [6.45, 7) is 1.50. The minimum atomic E-state index is -3.96. The van der Waals surface area contributed by atoms with Crippen molar-refractivity contribution in [3.05, 3.63) is 56.0 Å². The lowest BCUT2D eigenvalue weighted by Gasteiger charge is -2.14. The quantitative estimate of drug-likeness (QED) is 0.0973. The Labute approximate surface area is 186 Å². The van der Waals surface area contributed by atoms with Gasteiger partial charge in [-0.15, -0.1) is 0 Å². The smallest absolute Gasteiger partial charge is 0.275 e. The number of rotatable bonds is 9. The molecule has 0 unspecified atom stereocenters. The highest BCUT2D eigenvalue weighted by Gasteiger charge is 2.18. The Morgan fingerprint density at radius 1 is 1.23 bits per heavy atom. The molecular weight excluding hydrogens is 527 g/mol. The third-order valence-electron chi connectivity index (χ3n) is 3.77. The molecule has 162 valence electrons. The molecule has 0 bridgehead atoms. The summed E-state index contributed by atoms with van der Waals surface area (Å²) in [6, 6.07) is 9.06. The van der Waals surface area contributed by atoms with Crippen LogP contribution < -0.4 is 26.8 Å². The highest BCUT2D eigenvalue weighted by atomic mass is 127. The summed E-state index contributed by atoms with van der Waals surface area (Å²) in [5.74, 6) is -0.836. The van der Waals surface area contributed by atoms with Crippen LogP contribution in [0.25, 0.3) is 0 Å². The van der Waals surface area contributed by atoms with Crippen molar-refractivity contribution in [2.24, 2.45) is 5.73 Å². The van der Waals surface area contributed by atoms with Gasteiger partial charge in [0.05, 0.1) is 11.5 Å². The average molecular weight is 548 g/mol. The van der Waals surface area contributed by atoms with Crippen LogP contribution in [0.3, 0.4) is 0 Å². The molecule has 0 atom stereocenters. The maximum atomic E-state index is 12.7. The number of amides is 1. The molecule has 11 nitrogen and oxygen atoms in total. The van der Waals surface area contributed by atoms with Gasteiger partial charge in [-0.3, -0.25) is 24.6 Å². The van der Waals surface area contributed by atoms with E-state index < -0.39 is 21.5 Å². The van der Waals surface area contributed by atoms with Gasteiger partial charge in [-0.05, 0) is 65.9 Å². The number of benzene rings is 1. The molecule has 6 N–H and O–H groups in total. The van der Waals surface area contributed by atoms with Gasteiger partial charge in [-0.25, -0.2) is 13.9 Å². The minimum Gasteiger partial charge on any atom is -0.368 e. The molecule has 0 spiro atoms. The van der Waals surface area contributed by atoms with E-state index in [9.17, 15) is 18.0 Å². The molecule has 1 amide bonds. The van der Waals surface area contributed by atoms with Gasteiger partial charge in [0.1, 0.15) is 12.2 Å². The third-order valence-corrected chi connectivity index (χ3v) is 5.87. The highest BCUT2D eigenvalue weighted by molar-refractivity contribution is 14.1. The second kappa shape index (κ2) is 10.4. The van der Waals surface area contributed by atoms with Gasteiger partial charge >= 0.3 is 0 Å². The fourth-order valence-electron chi connectivity index (χ4n) is 2.33. The Morgan fingerprint density at radius 2 is 1.90 bits per heavy atom. The zero-order chi connectivity index (χ0) is 22.3. The number of guanidine groups is 1. The van der Waals surface area contributed by atoms with Crippen LogP contribution >= 0.6 is 22.6 Å². The standard InChI is InChI=1S/C17H21IN6O5S/c1-11-2-7-14(23-30(27,28)13-5-3-12(18)4-6-13)16(26)24(11)10-15(25)21-8-9-29-22-17(19)20/h2-7,23H,8-10H2,1H3,(H,21,25)(H4,19,20,22). The molecule has 0 fully saturated rings. The third kappa shape index (κ3) is 6.70. The second-order valence-electron chi connectivity index (χ2n) is 6.05. The molecule has 1 heterocycles. The molecule has 13 heteroatoms. The molecular formula is C17H21IN6O5S. The van der Waals surface area contributed by atoms with E-state index in [1.54, 1.807) is 25.1 Å². The number of aromatic nitrogens is 1. The molecule has 1 aromatic heterocycles. The fourth-order valence-corrected chi connectivity index (χ4v) is 3.75. The van der Waals surface area contributed by atoms with Crippen molar-refractivity contribution in [1.82, 2.24) is 15.4 Å². The van der Waals surface area contributed by atoms with E-state index in [2.05, 4.69) is 38.1 Å². The number of aryl methyl sites for hydroxylation is 1. The summed E-state index contributed by atoms with van der Waals surface area (Å²) >= 11 is 2.06. The Kier molecular flexibility index (Phi) is 8.19. The van der Waals surface area contributed by atoms with Gasteiger partial charge in [-0.2, -0.15) is 0 Å². The van der Waals surface area contributed by atoms with Crippen LogP contribution in [0.4, 0.5) is 5.69 Å². The summed E-state index contributed by atoms with van der Waals surface area (Å²) in [5, 5.41) is 9.47. The molecule has 2 rings (SSSR count). The highest BCUT2D eigenvalue weighted by Crippen LogP contribution is 2.15. The lowest BCUT2D eigenvalue weighted by Crippen LogP contribution is -2.37. The number of carbonyl (C=O) groups excluding carboxylic acids is 1. The van der Waals surface area contributed by atoms with E-state index >= 15 is 0 Å². The Morgan fingerprint density at radius 3 is 2.53 bits per heavy atom. The van der Waals surface area contributed by atoms with E-state index in [-0.39, 0.29) is 36.2 Å². The van der Waals surface area contributed by atoms with Crippen LogP contribution in [0.1, 0.15) is 5.69 Å². The summed E-state index contributed by atoms with van der Waals surface area (Å²) in [4.78, 5) is 29.7. The van der Waals surface area contributed by atoms with Gasteiger partial charge < -0.3 is 15.6 Å². The normalized spacial score (nSPS) is 11.0. The van der Waals surface area contributed by atoms with Crippen molar-refractivity contribution >= 4 is 50.2 Å². The lowest BCUT2D eigenvalue weighted by molar-refractivity contribution is -0.122. The Bertz CT molecular complexity index is 1080. The number of sulfonamides is 1. The molecule has 30 heavy (non-hydrogen) atoms. The van der Waals surface area contributed by atoms with E-state index in [0.717, 1.165) is 8.14 Å². The van der Waals surface area contributed by atoms with Crippen LogP contribution in [0.5, 0.6) is 0 Å². The van der Waals surface area contributed by atoms with Crippen LogP contribution in [-0.2, 0) is 26.2 Å². The number of nitrogens with two attached hydrogens (primary N) is 1. The van der Waals surface area contributed by atoms with Gasteiger partial charge in [0.25, 0.3) is 15.6 Å². The number of hydrogen-bond acceptors (Lipinski definition) is 6. The number of halogens is 1. The first-order valence-corrected chi connectivity index (χ1v) is 11.1. The van der Waals surface area contributed by atoms with E-state index in [1.807, 2.05) is 0 Å². The van der Waals surface area contributed by atoms with Crippen molar-refractivity contribution in [2.45, 2.75) is 18.4 Å². The molecule has 0 aliphatic carbocycles. The number of nitrogens with one attached hydrogen (secondary N) is 4. The summed E-state index contributed by atoms with van der Waals surface area (Å²) in [6.07, 6.45) is 0. The Balaban J connectivity index is 2.09. The van der Waals surface area contributed by atoms with Gasteiger partial charge in [-0.1, -0.05) is 0 Å². The Hall–Kier alpha value is -2.65.